The number of unbranched alkanes of at least 4 members (excludes halogenated alkanes) is 24. The molecular weight excluding hydrogens is 564 g/mol. The van der Waals surface area contributed by atoms with Crippen molar-refractivity contribution in [1.82, 2.24) is 0 Å². The SMILES string of the molecule is CCCCCCCCCCCCCCCC(=O)OCC(COC(=O)CCCCCCCCCCCCCCC)OC(=O)Cl. The highest BCUT2D eigenvalue weighted by molar-refractivity contribution is 6.61. The van der Waals surface area contributed by atoms with E-state index in [1.54, 1.807) is 0 Å². The van der Waals surface area contributed by atoms with E-state index in [1.165, 1.54) is 128 Å². The summed E-state index contributed by atoms with van der Waals surface area (Å²) >= 11 is 5.36. The van der Waals surface area contributed by atoms with Crippen molar-refractivity contribution in [3.05, 3.63) is 0 Å². The predicted octanol–water partition coefficient (Wildman–Crippen LogP) is 11.8. The zero-order valence-corrected chi connectivity index (χ0v) is 28.9. The van der Waals surface area contributed by atoms with E-state index in [1.807, 2.05) is 0 Å². The van der Waals surface area contributed by atoms with Gasteiger partial charge in [0, 0.05) is 24.4 Å². The number of esters is 2. The van der Waals surface area contributed by atoms with Crippen molar-refractivity contribution >= 4 is 29.0 Å². The van der Waals surface area contributed by atoms with Crippen LogP contribution in [0, 0.1) is 0 Å². The summed E-state index contributed by atoms with van der Waals surface area (Å²) in [5.41, 5.74) is -1.01. The lowest BCUT2D eigenvalue weighted by molar-refractivity contribution is -0.152. The zero-order chi connectivity index (χ0) is 31.6. The van der Waals surface area contributed by atoms with Crippen molar-refractivity contribution in [2.45, 2.75) is 200 Å². The smallest absolute Gasteiger partial charge is 0.404 e. The number of carbonyl (C=O) groups excluding carboxylic acids is 3. The number of hydrogen-bond donors (Lipinski definition) is 0. The van der Waals surface area contributed by atoms with E-state index in [4.69, 9.17) is 25.8 Å². The normalized spacial score (nSPS) is 11.2. The van der Waals surface area contributed by atoms with Crippen LogP contribution >= 0.6 is 11.6 Å². The van der Waals surface area contributed by atoms with Crippen LogP contribution in [-0.2, 0) is 23.8 Å². The Morgan fingerprint density at radius 2 is 0.698 bits per heavy atom. The Balaban J connectivity index is 3.73. The fourth-order valence-corrected chi connectivity index (χ4v) is 5.46. The molecular formula is C36H67ClO6. The van der Waals surface area contributed by atoms with E-state index < -0.39 is 11.5 Å². The van der Waals surface area contributed by atoms with Crippen molar-refractivity contribution in [2.24, 2.45) is 0 Å². The van der Waals surface area contributed by atoms with Gasteiger partial charge in [0.05, 0.1) is 0 Å². The largest absolute Gasteiger partial charge is 0.462 e. The highest BCUT2D eigenvalue weighted by Crippen LogP contribution is 2.15. The molecule has 0 rings (SSSR count). The molecule has 0 aromatic heterocycles. The van der Waals surface area contributed by atoms with E-state index in [9.17, 15) is 14.4 Å². The second kappa shape index (κ2) is 33.6. The van der Waals surface area contributed by atoms with Gasteiger partial charge in [-0.1, -0.05) is 168 Å². The number of carbonyl (C=O) groups is 3. The number of ether oxygens (including phenoxy) is 3. The van der Waals surface area contributed by atoms with Crippen LogP contribution in [0.25, 0.3) is 0 Å². The Morgan fingerprint density at radius 3 is 0.953 bits per heavy atom. The molecule has 0 aromatic carbocycles. The van der Waals surface area contributed by atoms with E-state index in [2.05, 4.69) is 13.8 Å². The van der Waals surface area contributed by atoms with Crippen LogP contribution in [0.1, 0.15) is 194 Å². The predicted molar refractivity (Wildman–Crippen MR) is 179 cm³/mol. The van der Waals surface area contributed by atoms with Gasteiger partial charge in [-0.05, 0) is 12.8 Å². The van der Waals surface area contributed by atoms with Gasteiger partial charge in [-0.2, -0.15) is 0 Å². The summed E-state index contributed by atoms with van der Waals surface area (Å²) in [6.07, 6.45) is 32.1. The molecule has 0 amide bonds. The lowest BCUT2D eigenvalue weighted by Crippen LogP contribution is -2.29. The molecule has 0 radical (unpaired) electrons. The molecule has 0 spiro atoms. The third kappa shape index (κ3) is 33.4. The van der Waals surface area contributed by atoms with Gasteiger partial charge >= 0.3 is 17.4 Å². The van der Waals surface area contributed by atoms with E-state index in [0.29, 0.717) is 12.8 Å². The Labute approximate surface area is 270 Å². The molecule has 0 aliphatic rings. The summed E-state index contributed by atoms with van der Waals surface area (Å²) in [6, 6.07) is 0. The minimum atomic E-state index is -1.01. The third-order valence-corrected chi connectivity index (χ3v) is 8.18. The van der Waals surface area contributed by atoms with Crippen LogP contribution in [0.5, 0.6) is 0 Å². The highest BCUT2D eigenvalue weighted by Gasteiger charge is 2.18. The fraction of sp³-hybridized carbons (Fsp3) is 0.917. The van der Waals surface area contributed by atoms with Gasteiger partial charge < -0.3 is 14.2 Å². The molecule has 0 heterocycles. The standard InChI is InChI=1S/C36H67ClO6/c1-3-5-7-9-11-13-15-17-19-21-23-25-27-29-34(38)41-31-33(43-36(37)40)32-42-35(39)30-28-26-24-22-20-18-16-14-12-10-8-6-4-2/h33H,3-32H2,1-2H3. The second-order valence-electron chi connectivity index (χ2n) is 12.3. The first-order valence-electron chi connectivity index (χ1n) is 18.2. The molecule has 0 aliphatic heterocycles. The van der Waals surface area contributed by atoms with Gasteiger partial charge in [-0.25, -0.2) is 4.79 Å². The molecule has 6 nitrogen and oxygen atoms in total. The van der Waals surface area contributed by atoms with Crippen LogP contribution in [0.2, 0.25) is 0 Å². The summed E-state index contributed by atoms with van der Waals surface area (Å²) in [6.45, 7) is 4.17. The van der Waals surface area contributed by atoms with Crippen molar-refractivity contribution in [2.75, 3.05) is 13.2 Å². The van der Waals surface area contributed by atoms with Crippen LogP contribution < -0.4 is 0 Å². The summed E-state index contributed by atoms with van der Waals surface area (Å²) in [5.74, 6) is -0.672. The molecule has 43 heavy (non-hydrogen) atoms. The summed E-state index contributed by atoms with van der Waals surface area (Å²) < 4.78 is 15.5. The Morgan fingerprint density at radius 1 is 0.442 bits per heavy atom. The van der Waals surface area contributed by atoms with E-state index >= 15 is 0 Å². The number of hydrogen-bond acceptors (Lipinski definition) is 6. The quantitative estimate of drug-likeness (QED) is 0.0310. The number of rotatable bonds is 33. The Bertz CT molecular complexity index is 595. The molecule has 0 saturated heterocycles. The first kappa shape index (κ1) is 41.7. The highest BCUT2D eigenvalue weighted by atomic mass is 35.5. The molecule has 0 saturated carbocycles. The minimum Gasteiger partial charge on any atom is -0.462 e. The van der Waals surface area contributed by atoms with E-state index in [-0.39, 0.29) is 25.2 Å². The molecule has 0 atom stereocenters. The first-order chi connectivity index (χ1) is 21.0. The monoisotopic (exact) mass is 630 g/mol. The van der Waals surface area contributed by atoms with Crippen molar-refractivity contribution < 1.29 is 28.6 Å². The Kier molecular flexibility index (Phi) is 32.6. The van der Waals surface area contributed by atoms with Gasteiger partial charge in [0.2, 0.25) is 0 Å². The average molecular weight is 631 g/mol. The van der Waals surface area contributed by atoms with Crippen molar-refractivity contribution in [1.29, 1.82) is 0 Å². The van der Waals surface area contributed by atoms with E-state index in [0.717, 1.165) is 38.5 Å². The van der Waals surface area contributed by atoms with Gasteiger partial charge in [0.25, 0.3) is 0 Å². The van der Waals surface area contributed by atoms with Gasteiger partial charge in [0.15, 0.2) is 6.10 Å². The molecule has 0 aliphatic carbocycles. The van der Waals surface area contributed by atoms with Crippen molar-refractivity contribution in [3.63, 3.8) is 0 Å². The van der Waals surface area contributed by atoms with Crippen LogP contribution in [0.4, 0.5) is 4.79 Å². The Hall–Kier alpha value is -1.30. The molecule has 0 bridgehead atoms. The molecule has 0 aromatic rings. The van der Waals surface area contributed by atoms with Gasteiger partial charge in [-0.3, -0.25) is 9.59 Å². The van der Waals surface area contributed by atoms with Crippen molar-refractivity contribution in [3.8, 4) is 0 Å². The van der Waals surface area contributed by atoms with Crippen LogP contribution in [0.15, 0.2) is 0 Å². The maximum atomic E-state index is 12.1. The van der Waals surface area contributed by atoms with Crippen LogP contribution in [-0.4, -0.2) is 36.7 Å². The molecule has 254 valence electrons. The lowest BCUT2D eigenvalue weighted by Gasteiger charge is -2.16. The molecule has 0 fully saturated rings. The third-order valence-electron chi connectivity index (χ3n) is 8.09. The zero-order valence-electron chi connectivity index (χ0n) is 28.1. The molecule has 0 N–H and O–H groups in total. The fourth-order valence-electron chi connectivity index (χ4n) is 5.34. The lowest BCUT2D eigenvalue weighted by atomic mass is 10.0. The minimum absolute atomic E-state index is 0.165. The maximum Gasteiger partial charge on any atom is 0.404 e. The first-order valence-corrected chi connectivity index (χ1v) is 18.5. The summed E-state index contributed by atoms with van der Waals surface area (Å²) in [5, 5.41) is 0. The topological polar surface area (TPSA) is 78.9 Å². The summed E-state index contributed by atoms with van der Waals surface area (Å²) in [4.78, 5) is 35.5. The number of halogens is 1. The van der Waals surface area contributed by atoms with Crippen LogP contribution in [0.3, 0.4) is 0 Å². The molecule has 0 unspecified atom stereocenters. The second-order valence-corrected chi connectivity index (χ2v) is 12.6. The molecule has 7 heteroatoms. The average Bonchev–Trinajstić information content (AvgIpc) is 2.99. The van der Waals surface area contributed by atoms with Gasteiger partial charge in [0.1, 0.15) is 13.2 Å². The van der Waals surface area contributed by atoms with Gasteiger partial charge in [-0.15, -0.1) is 0 Å². The summed E-state index contributed by atoms with van der Waals surface area (Å²) in [7, 11) is 0. The maximum absolute atomic E-state index is 12.1.